The molecule has 0 radical (unpaired) electrons. The molecule has 0 aromatic carbocycles. The van der Waals surface area contributed by atoms with Gasteiger partial charge in [-0.15, -0.1) is 0 Å². The lowest BCUT2D eigenvalue weighted by atomic mass is 10.0. The molecule has 0 aliphatic carbocycles. The van der Waals surface area contributed by atoms with Crippen LogP contribution in [-0.4, -0.2) is 22.1 Å². The maximum absolute atomic E-state index is 11.6. The van der Waals surface area contributed by atoms with Gasteiger partial charge in [0, 0.05) is 26.1 Å². The third-order valence-electron chi connectivity index (χ3n) is 2.48. The van der Waals surface area contributed by atoms with Gasteiger partial charge in [0.15, 0.2) is 0 Å². The Balaban J connectivity index is 2.30. The summed E-state index contributed by atoms with van der Waals surface area (Å²) in [7, 11) is 1.85. The molecule has 0 saturated carbocycles. The van der Waals surface area contributed by atoms with Crippen molar-refractivity contribution in [2.24, 2.45) is 18.7 Å². The number of ketones is 1. The molecule has 4 nitrogen and oxygen atoms in total. The Bertz CT molecular complexity index is 319. The van der Waals surface area contributed by atoms with E-state index in [0.29, 0.717) is 25.3 Å². The number of Topliss-reactive ketones (excluding diaryl/α,β-unsaturated/α-hetero) is 1. The first-order valence-corrected chi connectivity index (χ1v) is 5.31. The van der Waals surface area contributed by atoms with E-state index in [9.17, 15) is 4.79 Å². The SMILES string of the molecule is CC(CN)CCC(=O)Cc1cnn(C)c1. The van der Waals surface area contributed by atoms with E-state index in [-0.39, 0.29) is 5.78 Å². The topological polar surface area (TPSA) is 60.9 Å². The van der Waals surface area contributed by atoms with Crippen molar-refractivity contribution in [1.82, 2.24) is 9.78 Å². The largest absolute Gasteiger partial charge is 0.330 e. The van der Waals surface area contributed by atoms with Crippen LogP contribution >= 0.6 is 0 Å². The van der Waals surface area contributed by atoms with E-state index >= 15 is 0 Å². The maximum Gasteiger partial charge on any atom is 0.137 e. The molecule has 0 fully saturated rings. The van der Waals surface area contributed by atoms with Gasteiger partial charge in [-0.2, -0.15) is 5.10 Å². The summed E-state index contributed by atoms with van der Waals surface area (Å²) >= 11 is 0. The first-order valence-electron chi connectivity index (χ1n) is 5.31. The molecule has 0 saturated heterocycles. The molecule has 84 valence electrons. The summed E-state index contributed by atoms with van der Waals surface area (Å²) in [5, 5.41) is 4.03. The van der Waals surface area contributed by atoms with Crippen molar-refractivity contribution in [3.8, 4) is 0 Å². The third-order valence-corrected chi connectivity index (χ3v) is 2.48. The van der Waals surface area contributed by atoms with Crippen molar-refractivity contribution in [1.29, 1.82) is 0 Å². The number of rotatable bonds is 6. The summed E-state index contributed by atoms with van der Waals surface area (Å²) in [5.74, 6) is 0.700. The summed E-state index contributed by atoms with van der Waals surface area (Å²) < 4.78 is 1.71. The summed E-state index contributed by atoms with van der Waals surface area (Å²) in [6.07, 6.45) is 5.61. The maximum atomic E-state index is 11.6. The van der Waals surface area contributed by atoms with Gasteiger partial charge in [0.25, 0.3) is 0 Å². The lowest BCUT2D eigenvalue weighted by molar-refractivity contribution is -0.118. The minimum Gasteiger partial charge on any atom is -0.330 e. The highest BCUT2D eigenvalue weighted by atomic mass is 16.1. The number of nitrogens with two attached hydrogens (primary N) is 1. The van der Waals surface area contributed by atoms with Crippen molar-refractivity contribution in [3.63, 3.8) is 0 Å². The molecule has 1 aromatic rings. The second-order valence-corrected chi connectivity index (χ2v) is 4.12. The Morgan fingerprint density at radius 1 is 1.67 bits per heavy atom. The molecule has 4 heteroatoms. The molecule has 1 aromatic heterocycles. The lowest BCUT2D eigenvalue weighted by Crippen LogP contribution is -2.13. The predicted octanol–water partition coefficient (Wildman–Crippen LogP) is 0.907. The molecule has 0 aliphatic rings. The van der Waals surface area contributed by atoms with E-state index < -0.39 is 0 Å². The van der Waals surface area contributed by atoms with Crippen LogP contribution in [-0.2, 0) is 18.3 Å². The van der Waals surface area contributed by atoms with Crippen molar-refractivity contribution >= 4 is 5.78 Å². The predicted molar refractivity (Wildman–Crippen MR) is 59.4 cm³/mol. The van der Waals surface area contributed by atoms with Crippen LogP contribution in [0.25, 0.3) is 0 Å². The van der Waals surface area contributed by atoms with Gasteiger partial charge in [0.2, 0.25) is 0 Å². The van der Waals surface area contributed by atoms with Gasteiger partial charge in [0.1, 0.15) is 5.78 Å². The molecule has 1 heterocycles. The Labute approximate surface area is 90.5 Å². The molecule has 0 amide bonds. The summed E-state index contributed by atoms with van der Waals surface area (Å²) in [5.41, 5.74) is 6.48. The van der Waals surface area contributed by atoms with Gasteiger partial charge in [-0.05, 0) is 24.4 Å². The van der Waals surface area contributed by atoms with E-state index in [1.54, 1.807) is 10.9 Å². The molecule has 0 aliphatic heterocycles. The minimum atomic E-state index is 0.267. The summed E-state index contributed by atoms with van der Waals surface area (Å²) in [4.78, 5) is 11.6. The van der Waals surface area contributed by atoms with Crippen LogP contribution in [0, 0.1) is 5.92 Å². The second-order valence-electron chi connectivity index (χ2n) is 4.12. The second kappa shape index (κ2) is 5.66. The van der Waals surface area contributed by atoms with E-state index in [2.05, 4.69) is 12.0 Å². The fraction of sp³-hybridized carbons (Fsp3) is 0.636. The van der Waals surface area contributed by atoms with Crippen LogP contribution in [0.3, 0.4) is 0 Å². The molecular weight excluding hydrogens is 190 g/mol. The molecule has 1 atom stereocenters. The smallest absolute Gasteiger partial charge is 0.137 e. The number of nitrogens with zero attached hydrogens (tertiary/aromatic N) is 2. The normalized spacial score (nSPS) is 12.7. The zero-order chi connectivity index (χ0) is 11.3. The van der Waals surface area contributed by atoms with Crippen LogP contribution in [0.2, 0.25) is 0 Å². The number of aryl methyl sites for hydroxylation is 1. The molecule has 2 N–H and O–H groups in total. The minimum absolute atomic E-state index is 0.267. The van der Waals surface area contributed by atoms with Gasteiger partial charge in [-0.3, -0.25) is 9.48 Å². The quantitative estimate of drug-likeness (QED) is 0.757. The molecule has 15 heavy (non-hydrogen) atoms. The fourth-order valence-electron chi connectivity index (χ4n) is 1.40. The van der Waals surface area contributed by atoms with Crippen LogP contribution in [0.1, 0.15) is 25.3 Å². The van der Waals surface area contributed by atoms with Gasteiger partial charge >= 0.3 is 0 Å². The van der Waals surface area contributed by atoms with Gasteiger partial charge in [-0.1, -0.05) is 6.92 Å². The van der Waals surface area contributed by atoms with Crippen molar-refractivity contribution in [2.75, 3.05) is 6.54 Å². The zero-order valence-corrected chi connectivity index (χ0v) is 9.44. The highest BCUT2D eigenvalue weighted by Gasteiger charge is 2.07. The fourth-order valence-corrected chi connectivity index (χ4v) is 1.40. The Hall–Kier alpha value is -1.16. The van der Waals surface area contributed by atoms with Gasteiger partial charge < -0.3 is 5.73 Å². The summed E-state index contributed by atoms with van der Waals surface area (Å²) in [6, 6.07) is 0. The van der Waals surface area contributed by atoms with Crippen molar-refractivity contribution in [3.05, 3.63) is 18.0 Å². The number of hydrogen-bond acceptors (Lipinski definition) is 3. The zero-order valence-electron chi connectivity index (χ0n) is 9.44. The standard InChI is InChI=1S/C11H19N3O/c1-9(6-12)3-4-11(15)5-10-7-13-14(2)8-10/h7-9H,3-6,12H2,1-2H3. The van der Waals surface area contributed by atoms with E-state index in [1.807, 2.05) is 13.2 Å². The molecular formula is C11H19N3O. The monoisotopic (exact) mass is 209 g/mol. The number of carbonyl (C=O) groups excluding carboxylic acids is 1. The van der Waals surface area contributed by atoms with Crippen molar-refractivity contribution in [2.45, 2.75) is 26.2 Å². The highest BCUT2D eigenvalue weighted by Crippen LogP contribution is 2.07. The van der Waals surface area contributed by atoms with Crippen LogP contribution < -0.4 is 5.73 Å². The van der Waals surface area contributed by atoms with Gasteiger partial charge in [0.05, 0.1) is 6.20 Å². The molecule has 0 bridgehead atoms. The third kappa shape index (κ3) is 4.25. The first kappa shape index (κ1) is 11.9. The highest BCUT2D eigenvalue weighted by molar-refractivity contribution is 5.80. The lowest BCUT2D eigenvalue weighted by Gasteiger charge is -2.06. The number of carbonyl (C=O) groups is 1. The Morgan fingerprint density at radius 2 is 2.40 bits per heavy atom. The average molecular weight is 209 g/mol. The number of aromatic nitrogens is 2. The van der Waals surface area contributed by atoms with E-state index in [1.165, 1.54) is 0 Å². The first-order chi connectivity index (χ1) is 7.11. The Morgan fingerprint density at radius 3 is 2.93 bits per heavy atom. The molecule has 0 spiro atoms. The van der Waals surface area contributed by atoms with Crippen LogP contribution in [0.5, 0.6) is 0 Å². The molecule has 1 unspecified atom stereocenters. The number of hydrogen-bond donors (Lipinski definition) is 1. The molecule has 1 rings (SSSR count). The van der Waals surface area contributed by atoms with E-state index in [0.717, 1.165) is 12.0 Å². The van der Waals surface area contributed by atoms with Crippen LogP contribution in [0.15, 0.2) is 12.4 Å². The Kier molecular flexibility index (Phi) is 4.49. The van der Waals surface area contributed by atoms with Crippen molar-refractivity contribution < 1.29 is 4.79 Å². The van der Waals surface area contributed by atoms with Gasteiger partial charge in [-0.25, -0.2) is 0 Å². The van der Waals surface area contributed by atoms with E-state index in [4.69, 9.17) is 5.73 Å². The summed E-state index contributed by atoms with van der Waals surface area (Å²) in [6.45, 7) is 2.72. The average Bonchev–Trinajstić information content (AvgIpc) is 2.60. The van der Waals surface area contributed by atoms with Crippen LogP contribution in [0.4, 0.5) is 0 Å².